The monoisotopic (exact) mass is 279 g/mol. The molecule has 1 aliphatic heterocycles. The van der Waals surface area contributed by atoms with E-state index in [0.717, 1.165) is 31.8 Å². The van der Waals surface area contributed by atoms with Gasteiger partial charge in [0.15, 0.2) is 0 Å². The maximum atomic E-state index is 8.78. The molecule has 1 N–H and O–H groups in total. The van der Waals surface area contributed by atoms with Gasteiger partial charge in [0.1, 0.15) is 6.61 Å². The summed E-state index contributed by atoms with van der Waals surface area (Å²) in [5, 5.41) is 10.8. The second-order valence-electron chi connectivity index (χ2n) is 4.68. The Balaban J connectivity index is 1.95. The van der Waals surface area contributed by atoms with E-state index in [1.165, 1.54) is 17.7 Å². The van der Waals surface area contributed by atoms with Crippen LogP contribution in [0.4, 0.5) is 0 Å². The number of nitrogens with zero attached hydrogens (tertiary/aromatic N) is 1. The average molecular weight is 279 g/mol. The second kappa shape index (κ2) is 7.66. The number of rotatable bonds is 5. The van der Waals surface area contributed by atoms with Crippen molar-refractivity contribution in [1.29, 1.82) is 0 Å². The highest BCUT2D eigenvalue weighted by molar-refractivity contribution is 7.10. The molecule has 1 atom stereocenters. The van der Waals surface area contributed by atoms with Crippen LogP contribution in [0.15, 0.2) is 11.4 Å². The summed E-state index contributed by atoms with van der Waals surface area (Å²) in [4.78, 5) is 3.69. The summed E-state index contributed by atoms with van der Waals surface area (Å²) in [6.07, 6.45) is 2.76. The van der Waals surface area contributed by atoms with E-state index in [4.69, 9.17) is 9.84 Å². The molecule has 0 saturated carbocycles. The van der Waals surface area contributed by atoms with E-state index in [9.17, 15) is 0 Å². The summed E-state index contributed by atoms with van der Waals surface area (Å²) < 4.78 is 5.70. The summed E-state index contributed by atoms with van der Waals surface area (Å²) in [7, 11) is 0. The Morgan fingerprint density at radius 2 is 2.47 bits per heavy atom. The van der Waals surface area contributed by atoms with Gasteiger partial charge in [-0.25, -0.2) is 0 Å². The first kappa shape index (κ1) is 14.5. The molecule has 1 aliphatic rings. The van der Waals surface area contributed by atoms with Gasteiger partial charge in [0.25, 0.3) is 0 Å². The third-order valence-electron chi connectivity index (χ3n) is 3.35. The molecule has 0 amide bonds. The SMILES string of the molecule is CCN(Cc1sccc1C#CCO)CC1CCCO1. The van der Waals surface area contributed by atoms with Crippen LogP contribution in [-0.4, -0.2) is 42.4 Å². The average Bonchev–Trinajstić information content (AvgIpc) is 3.07. The predicted molar refractivity (Wildman–Crippen MR) is 78.2 cm³/mol. The van der Waals surface area contributed by atoms with E-state index >= 15 is 0 Å². The standard InChI is InChI=1S/C15H21NO2S/c1-2-16(11-14-6-4-9-18-14)12-15-13(5-3-8-17)7-10-19-15/h7,10,14,17H,2,4,6,8-9,11-12H2,1H3. The van der Waals surface area contributed by atoms with Crippen LogP contribution in [0.3, 0.4) is 0 Å². The zero-order chi connectivity index (χ0) is 13.5. The molecule has 2 rings (SSSR count). The predicted octanol–water partition coefficient (Wildman–Crippen LogP) is 2.09. The second-order valence-corrected chi connectivity index (χ2v) is 5.68. The normalized spacial score (nSPS) is 18.6. The molecule has 0 radical (unpaired) electrons. The van der Waals surface area contributed by atoms with Crippen molar-refractivity contribution >= 4 is 11.3 Å². The molecular weight excluding hydrogens is 258 g/mol. The number of thiophene rings is 1. The Morgan fingerprint density at radius 1 is 1.58 bits per heavy atom. The number of likely N-dealkylation sites (N-methyl/N-ethyl adjacent to an activating group) is 1. The van der Waals surface area contributed by atoms with Crippen molar-refractivity contribution in [2.75, 3.05) is 26.3 Å². The summed E-state index contributed by atoms with van der Waals surface area (Å²) in [5.41, 5.74) is 1.05. The van der Waals surface area contributed by atoms with Gasteiger partial charge in [-0.2, -0.15) is 0 Å². The van der Waals surface area contributed by atoms with Gasteiger partial charge in [0, 0.05) is 30.1 Å². The lowest BCUT2D eigenvalue weighted by molar-refractivity contribution is 0.0728. The third kappa shape index (κ3) is 4.32. The maximum absolute atomic E-state index is 8.78. The van der Waals surface area contributed by atoms with Gasteiger partial charge >= 0.3 is 0 Å². The quantitative estimate of drug-likeness (QED) is 0.838. The summed E-state index contributed by atoms with van der Waals surface area (Å²) in [6, 6.07) is 2.03. The number of ether oxygens (including phenoxy) is 1. The molecule has 3 nitrogen and oxygen atoms in total. The Kier molecular flexibility index (Phi) is 5.87. The molecule has 0 spiro atoms. The highest BCUT2D eigenvalue weighted by Gasteiger charge is 2.19. The lowest BCUT2D eigenvalue weighted by atomic mass is 10.2. The Hall–Kier alpha value is -0.860. The van der Waals surface area contributed by atoms with Crippen LogP contribution in [0, 0.1) is 11.8 Å². The van der Waals surface area contributed by atoms with Crippen molar-refractivity contribution in [2.45, 2.75) is 32.4 Å². The smallest absolute Gasteiger partial charge is 0.104 e. The van der Waals surface area contributed by atoms with E-state index < -0.39 is 0 Å². The zero-order valence-corrected chi connectivity index (χ0v) is 12.2. The molecule has 1 unspecified atom stereocenters. The van der Waals surface area contributed by atoms with E-state index in [-0.39, 0.29) is 6.61 Å². The lowest BCUT2D eigenvalue weighted by Crippen LogP contribution is -2.31. The summed E-state index contributed by atoms with van der Waals surface area (Å²) in [5.74, 6) is 5.74. The molecule has 0 aromatic carbocycles. The highest BCUT2D eigenvalue weighted by atomic mass is 32.1. The maximum Gasteiger partial charge on any atom is 0.104 e. The molecule has 1 fully saturated rings. The molecule has 104 valence electrons. The van der Waals surface area contributed by atoms with Gasteiger partial charge in [0.2, 0.25) is 0 Å². The summed E-state index contributed by atoms with van der Waals surface area (Å²) >= 11 is 1.73. The lowest BCUT2D eigenvalue weighted by Gasteiger charge is -2.23. The molecule has 2 heterocycles. The van der Waals surface area contributed by atoms with Crippen LogP contribution in [0.1, 0.15) is 30.2 Å². The van der Waals surface area contributed by atoms with Crippen LogP contribution >= 0.6 is 11.3 Å². The molecule has 1 saturated heterocycles. The fraction of sp³-hybridized carbons (Fsp3) is 0.600. The fourth-order valence-electron chi connectivity index (χ4n) is 2.29. The van der Waals surface area contributed by atoms with Gasteiger partial charge in [0.05, 0.1) is 6.10 Å². The highest BCUT2D eigenvalue weighted by Crippen LogP contribution is 2.20. The van der Waals surface area contributed by atoms with Crippen LogP contribution < -0.4 is 0 Å². The van der Waals surface area contributed by atoms with Gasteiger partial charge in [-0.1, -0.05) is 18.8 Å². The van der Waals surface area contributed by atoms with Crippen LogP contribution in [0.2, 0.25) is 0 Å². The first-order chi connectivity index (χ1) is 9.33. The molecule has 0 bridgehead atoms. The Morgan fingerprint density at radius 3 is 3.16 bits per heavy atom. The van der Waals surface area contributed by atoms with Crippen LogP contribution in [0.25, 0.3) is 0 Å². The first-order valence-electron chi connectivity index (χ1n) is 6.83. The van der Waals surface area contributed by atoms with E-state index in [1.807, 2.05) is 6.07 Å². The zero-order valence-electron chi connectivity index (χ0n) is 11.4. The number of hydrogen-bond donors (Lipinski definition) is 1. The Labute approximate surface area is 119 Å². The Bertz CT molecular complexity index is 440. The van der Waals surface area contributed by atoms with Gasteiger partial charge < -0.3 is 9.84 Å². The largest absolute Gasteiger partial charge is 0.384 e. The van der Waals surface area contributed by atoms with Gasteiger partial charge in [-0.3, -0.25) is 4.90 Å². The minimum Gasteiger partial charge on any atom is -0.384 e. The van der Waals surface area contributed by atoms with Crippen molar-refractivity contribution in [2.24, 2.45) is 0 Å². The third-order valence-corrected chi connectivity index (χ3v) is 4.25. The van der Waals surface area contributed by atoms with Crippen molar-refractivity contribution in [3.8, 4) is 11.8 Å². The van der Waals surface area contributed by atoms with Crippen molar-refractivity contribution in [1.82, 2.24) is 4.90 Å². The number of aliphatic hydroxyl groups is 1. The molecule has 0 aliphatic carbocycles. The van der Waals surface area contributed by atoms with Gasteiger partial charge in [-0.05, 0) is 30.8 Å². The summed E-state index contributed by atoms with van der Waals surface area (Å²) in [6.45, 7) is 5.95. The van der Waals surface area contributed by atoms with Crippen molar-refractivity contribution in [3.05, 3.63) is 21.9 Å². The van der Waals surface area contributed by atoms with E-state index in [1.54, 1.807) is 11.3 Å². The van der Waals surface area contributed by atoms with E-state index in [0.29, 0.717) is 6.10 Å². The minimum absolute atomic E-state index is 0.0807. The van der Waals surface area contributed by atoms with Gasteiger partial charge in [-0.15, -0.1) is 11.3 Å². The molecule has 1 aromatic heterocycles. The molecular formula is C15H21NO2S. The van der Waals surface area contributed by atoms with Crippen molar-refractivity contribution < 1.29 is 9.84 Å². The van der Waals surface area contributed by atoms with Crippen molar-refractivity contribution in [3.63, 3.8) is 0 Å². The molecule has 19 heavy (non-hydrogen) atoms. The number of hydrogen-bond acceptors (Lipinski definition) is 4. The van der Waals surface area contributed by atoms with E-state index in [2.05, 4.69) is 29.0 Å². The van der Waals surface area contributed by atoms with Crippen LogP contribution in [0.5, 0.6) is 0 Å². The van der Waals surface area contributed by atoms with Crippen LogP contribution in [-0.2, 0) is 11.3 Å². The topological polar surface area (TPSA) is 32.7 Å². The molecule has 1 aromatic rings. The minimum atomic E-state index is -0.0807. The fourth-order valence-corrected chi connectivity index (χ4v) is 3.17. The first-order valence-corrected chi connectivity index (χ1v) is 7.71. The number of aliphatic hydroxyl groups excluding tert-OH is 1. The molecule has 4 heteroatoms.